The zero-order valence-electron chi connectivity index (χ0n) is 15.7. The van der Waals surface area contributed by atoms with Crippen molar-refractivity contribution in [2.24, 2.45) is 0 Å². The third-order valence-electron chi connectivity index (χ3n) is 5.42. The lowest BCUT2D eigenvalue weighted by atomic mass is 10.1. The Morgan fingerprint density at radius 1 is 1.10 bits per heavy atom. The standard InChI is InChI=1S/C20H20Cl2N6O/c21-13-5-6-14(22)12(9-13)11-28-8-2-4-15-18(28)10-17(25-24-15)20-27-26-19(29-20)16-3-1-7-23-16/h5-6,9-10,16,23H,1-4,7-8,11H2. The predicted molar refractivity (Wildman–Crippen MR) is 111 cm³/mol. The number of hydrogen-bond acceptors (Lipinski definition) is 7. The molecule has 1 N–H and O–H groups in total. The van der Waals surface area contributed by atoms with Crippen molar-refractivity contribution < 1.29 is 4.42 Å². The first-order valence-corrected chi connectivity index (χ1v) is 10.6. The van der Waals surface area contributed by atoms with Crippen molar-refractivity contribution in [3.63, 3.8) is 0 Å². The van der Waals surface area contributed by atoms with Crippen molar-refractivity contribution in [2.45, 2.75) is 38.3 Å². The first-order valence-electron chi connectivity index (χ1n) is 9.80. The molecule has 2 aliphatic heterocycles. The molecule has 1 saturated heterocycles. The largest absolute Gasteiger partial charge is 0.417 e. The van der Waals surface area contributed by atoms with Gasteiger partial charge in [-0.25, -0.2) is 0 Å². The van der Waals surface area contributed by atoms with Crippen LogP contribution in [0.15, 0.2) is 28.7 Å². The van der Waals surface area contributed by atoms with E-state index >= 15 is 0 Å². The van der Waals surface area contributed by atoms with Gasteiger partial charge >= 0.3 is 0 Å². The maximum absolute atomic E-state index is 6.38. The summed E-state index contributed by atoms with van der Waals surface area (Å²) in [5, 5.41) is 21.9. The van der Waals surface area contributed by atoms with Gasteiger partial charge in [-0.2, -0.15) is 5.10 Å². The summed E-state index contributed by atoms with van der Waals surface area (Å²) >= 11 is 12.5. The summed E-state index contributed by atoms with van der Waals surface area (Å²) in [7, 11) is 0. The second kappa shape index (κ2) is 7.89. The number of nitrogens with one attached hydrogen (secondary N) is 1. The third kappa shape index (κ3) is 3.82. The lowest BCUT2D eigenvalue weighted by Gasteiger charge is -2.30. The molecule has 5 rings (SSSR count). The Labute approximate surface area is 178 Å². The second-order valence-corrected chi connectivity index (χ2v) is 8.26. The highest BCUT2D eigenvalue weighted by atomic mass is 35.5. The number of hydrogen-bond donors (Lipinski definition) is 1. The number of fused-ring (bicyclic) bond motifs is 1. The fourth-order valence-corrected chi connectivity index (χ4v) is 4.30. The Morgan fingerprint density at radius 3 is 2.90 bits per heavy atom. The Balaban J connectivity index is 1.44. The molecule has 0 amide bonds. The highest BCUT2D eigenvalue weighted by Crippen LogP contribution is 2.32. The molecule has 29 heavy (non-hydrogen) atoms. The maximum atomic E-state index is 6.38. The number of rotatable bonds is 4. The van der Waals surface area contributed by atoms with Crippen LogP contribution in [0.2, 0.25) is 10.0 Å². The molecular formula is C20H20Cl2N6O. The van der Waals surface area contributed by atoms with Crippen LogP contribution in [0.4, 0.5) is 5.69 Å². The number of anilines is 1. The number of benzene rings is 1. The minimum absolute atomic E-state index is 0.128. The summed E-state index contributed by atoms with van der Waals surface area (Å²) in [6.07, 6.45) is 4.02. The van der Waals surface area contributed by atoms with Crippen LogP contribution in [0, 0.1) is 0 Å². The summed E-state index contributed by atoms with van der Waals surface area (Å²) in [5.41, 5.74) is 3.56. The highest BCUT2D eigenvalue weighted by molar-refractivity contribution is 6.33. The number of nitrogens with zero attached hydrogens (tertiary/aromatic N) is 5. The van der Waals surface area contributed by atoms with E-state index in [1.54, 1.807) is 6.07 Å². The average Bonchev–Trinajstić information content (AvgIpc) is 3.42. The molecule has 3 aromatic rings. The number of aromatic nitrogens is 4. The lowest BCUT2D eigenvalue weighted by molar-refractivity contribution is 0.436. The topological polar surface area (TPSA) is 80.0 Å². The van der Waals surface area contributed by atoms with Gasteiger partial charge in [0.15, 0.2) is 5.69 Å². The fraction of sp³-hybridized carbons (Fsp3) is 0.400. The van der Waals surface area contributed by atoms with Crippen LogP contribution in [0.1, 0.15) is 42.5 Å². The highest BCUT2D eigenvalue weighted by Gasteiger charge is 2.25. The molecule has 150 valence electrons. The van der Waals surface area contributed by atoms with Gasteiger partial charge in [-0.15, -0.1) is 15.3 Å². The van der Waals surface area contributed by atoms with Gasteiger partial charge in [0.25, 0.3) is 5.89 Å². The smallest absolute Gasteiger partial charge is 0.268 e. The predicted octanol–water partition coefficient (Wildman–Crippen LogP) is 4.21. The van der Waals surface area contributed by atoms with Crippen LogP contribution in [-0.2, 0) is 13.0 Å². The molecule has 0 saturated carbocycles. The quantitative estimate of drug-likeness (QED) is 0.663. The van der Waals surface area contributed by atoms with Gasteiger partial charge in [0.05, 0.1) is 17.4 Å². The van der Waals surface area contributed by atoms with Crippen molar-refractivity contribution in [3.05, 3.63) is 51.5 Å². The van der Waals surface area contributed by atoms with E-state index in [-0.39, 0.29) is 6.04 Å². The first kappa shape index (κ1) is 18.8. The van der Waals surface area contributed by atoms with E-state index in [1.165, 1.54) is 0 Å². The van der Waals surface area contributed by atoms with Gasteiger partial charge in [0.2, 0.25) is 5.89 Å². The van der Waals surface area contributed by atoms with Gasteiger partial charge in [0, 0.05) is 23.1 Å². The molecular weight excluding hydrogens is 411 g/mol. The molecule has 1 aromatic carbocycles. The van der Waals surface area contributed by atoms with Gasteiger partial charge in [-0.05, 0) is 62.1 Å². The summed E-state index contributed by atoms with van der Waals surface area (Å²) in [6.45, 7) is 2.53. The molecule has 0 bridgehead atoms. The van der Waals surface area contributed by atoms with E-state index in [4.69, 9.17) is 27.6 Å². The van der Waals surface area contributed by atoms with Gasteiger partial charge in [-0.1, -0.05) is 23.2 Å². The van der Waals surface area contributed by atoms with Crippen molar-refractivity contribution >= 4 is 28.9 Å². The Morgan fingerprint density at radius 2 is 2.03 bits per heavy atom. The van der Waals surface area contributed by atoms with E-state index in [0.29, 0.717) is 34.1 Å². The zero-order chi connectivity index (χ0) is 19.8. The van der Waals surface area contributed by atoms with Gasteiger partial charge < -0.3 is 14.6 Å². The van der Waals surface area contributed by atoms with Crippen LogP contribution in [0.5, 0.6) is 0 Å². The molecule has 7 nitrogen and oxygen atoms in total. The van der Waals surface area contributed by atoms with Gasteiger partial charge in [0.1, 0.15) is 0 Å². The Bertz CT molecular complexity index is 1030. The molecule has 2 aliphatic rings. The van der Waals surface area contributed by atoms with E-state index in [1.807, 2.05) is 18.2 Å². The summed E-state index contributed by atoms with van der Waals surface area (Å²) in [6, 6.07) is 7.65. The van der Waals surface area contributed by atoms with Crippen molar-refractivity contribution in [1.29, 1.82) is 0 Å². The third-order valence-corrected chi connectivity index (χ3v) is 6.02. The monoisotopic (exact) mass is 430 g/mol. The van der Waals surface area contributed by atoms with E-state index in [2.05, 4.69) is 30.6 Å². The Kier molecular flexibility index (Phi) is 5.11. The SMILES string of the molecule is Clc1ccc(Cl)c(CN2CCCc3nnc(-c4nnc(C5CCCN5)o4)cc32)c1. The number of halogens is 2. The summed E-state index contributed by atoms with van der Waals surface area (Å²) in [5.74, 6) is 1.01. The molecule has 0 radical (unpaired) electrons. The van der Waals surface area contributed by atoms with E-state index in [9.17, 15) is 0 Å². The second-order valence-electron chi connectivity index (χ2n) is 7.42. The van der Waals surface area contributed by atoms with Crippen LogP contribution in [0.25, 0.3) is 11.6 Å². The van der Waals surface area contributed by atoms with Crippen molar-refractivity contribution in [3.8, 4) is 11.6 Å². The lowest BCUT2D eigenvalue weighted by Crippen LogP contribution is -2.29. The van der Waals surface area contributed by atoms with Crippen molar-refractivity contribution in [1.82, 2.24) is 25.7 Å². The Hall–Kier alpha value is -2.22. The van der Waals surface area contributed by atoms with Crippen LogP contribution in [0.3, 0.4) is 0 Å². The van der Waals surface area contributed by atoms with E-state index in [0.717, 1.165) is 55.7 Å². The normalized spacial score (nSPS) is 18.8. The zero-order valence-corrected chi connectivity index (χ0v) is 17.2. The molecule has 1 fully saturated rings. The molecule has 2 aromatic heterocycles. The molecule has 4 heterocycles. The van der Waals surface area contributed by atoms with Crippen LogP contribution in [-0.4, -0.2) is 33.5 Å². The summed E-state index contributed by atoms with van der Waals surface area (Å²) in [4.78, 5) is 2.25. The number of aryl methyl sites for hydroxylation is 1. The first-order chi connectivity index (χ1) is 14.2. The maximum Gasteiger partial charge on any atom is 0.268 e. The van der Waals surface area contributed by atoms with Gasteiger partial charge in [-0.3, -0.25) is 0 Å². The van der Waals surface area contributed by atoms with Crippen LogP contribution < -0.4 is 10.2 Å². The molecule has 0 aliphatic carbocycles. The fourth-order valence-electron chi connectivity index (χ4n) is 3.93. The van der Waals surface area contributed by atoms with Crippen LogP contribution >= 0.6 is 23.2 Å². The van der Waals surface area contributed by atoms with E-state index < -0.39 is 0 Å². The minimum Gasteiger partial charge on any atom is -0.417 e. The molecule has 1 atom stereocenters. The summed E-state index contributed by atoms with van der Waals surface area (Å²) < 4.78 is 5.89. The molecule has 9 heteroatoms. The average molecular weight is 431 g/mol. The minimum atomic E-state index is 0.128. The van der Waals surface area contributed by atoms with Crippen molar-refractivity contribution in [2.75, 3.05) is 18.0 Å². The molecule has 1 unspecified atom stereocenters. The molecule has 0 spiro atoms.